The van der Waals surface area contributed by atoms with E-state index in [0.29, 0.717) is 29.2 Å². The van der Waals surface area contributed by atoms with Gasteiger partial charge in [-0.05, 0) is 54.6 Å². The highest BCUT2D eigenvalue weighted by molar-refractivity contribution is 7.91. The SMILES string of the molecule is Cc1c(S(=O)(=O)N[C@H]2CCN(CN=C(N)c3ccccn3)C2=O)sc2ccc(Cl)cc12. The number of nitrogens with two attached hydrogens (primary N) is 1. The molecule has 1 atom stereocenters. The average Bonchev–Trinajstić information content (AvgIpc) is 3.27. The van der Waals surface area contributed by atoms with Crippen molar-refractivity contribution in [2.24, 2.45) is 10.7 Å². The van der Waals surface area contributed by atoms with Gasteiger partial charge in [0.05, 0.1) is 0 Å². The Kier molecular flexibility index (Phi) is 5.98. The zero-order valence-electron chi connectivity index (χ0n) is 16.6. The maximum atomic E-state index is 13.0. The number of hydrogen-bond donors (Lipinski definition) is 2. The number of halogens is 1. The molecule has 1 fully saturated rings. The van der Waals surface area contributed by atoms with E-state index >= 15 is 0 Å². The van der Waals surface area contributed by atoms with E-state index in [0.717, 1.165) is 21.4 Å². The van der Waals surface area contributed by atoms with Crippen LogP contribution in [0, 0.1) is 6.92 Å². The predicted octanol–water partition coefficient (Wildman–Crippen LogP) is 2.50. The normalized spacial score (nSPS) is 17.6. The Morgan fingerprint density at radius 2 is 2.19 bits per heavy atom. The van der Waals surface area contributed by atoms with Gasteiger partial charge in [0.15, 0.2) is 0 Å². The number of amides is 1. The quantitative estimate of drug-likeness (QED) is 0.417. The van der Waals surface area contributed by atoms with Crippen molar-refractivity contribution in [1.29, 1.82) is 0 Å². The molecule has 1 aliphatic rings. The van der Waals surface area contributed by atoms with E-state index in [9.17, 15) is 13.2 Å². The molecule has 3 aromatic rings. The summed E-state index contributed by atoms with van der Waals surface area (Å²) in [6, 6.07) is 9.70. The maximum Gasteiger partial charge on any atom is 0.251 e. The lowest BCUT2D eigenvalue weighted by Gasteiger charge is -2.15. The highest BCUT2D eigenvalue weighted by atomic mass is 35.5. The lowest BCUT2D eigenvalue weighted by molar-refractivity contribution is -0.128. The lowest BCUT2D eigenvalue weighted by atomic mass is 10.2. The van der Waals surface area contributed by atoms with E-state index in [4.69, 9.17) is 17.3 Å². The molecule has 0 saturated carbocycles. The molecule has 0 radical (unpaired) electrons. The molecule has 0 bridgehead atoms. The molecule has 3 heterocycles. The van der Waals surface area contributed by atoms with Crippen LogP contribution in [0.1, 0.15) is 17.7 Å². The number of carbonyl (C=O) groups excluding carboxylic acids is 1. The topological polar surface area (TPSA) is 118 Å². The molecule has 31 heavy (non-hydrogen) atoms. The van der Waals surface area contributed by atoms with Gasteiger partial charge in [0, 0.05) is 22.5 Å². The number of pyridine rings is 1. The summed E-state index contributed by atoms with van der Waals surface area (Å²) in [6.45, 7) is 2.16. The summed E-state index contributed by atoms with van der Waals surface area (Å²) >= 11 is 7.20. The number of thiophene rings is 1. The number of carbonyl (C=O) groups is 1. The van der Waals surface area contributed by atoms with Gasteiger partial charge in [-0.2, -0.15) is 4.72 Å². The van der Waals surface area contributed by atoms with Gasteiger partial charge < -0.3 is 10.6 Å². The highest BCUT2D eigenvalue weighted by Gasteiger charge is 2.36. The van der Waals surface area contributed by atoms with Gasteiger partial charge >= 0.3 is 0 Å². The summed E-state index contributed by atoms with van der Waals surface area (Å²) in [6.07, 6.45) is 1.96. The molecular weight excluding hydrogens is 458 g/mol. The largest absolute Gasteiger partial charge is 0.382 e. The predicted molar refractivity (Wildman–Crippen MR) is 122 cm³/mol. The highest BCUT2D eigenvalue weighted by Crippen LogP contribution is 2.35. The number of nitrogens with zero attached hydrogens (tertiary/aromatic N) is 3. The molecule has 4 rings (SSSR count). The van der Waals surface area contributed by atoms with Crippen LogP contribution in [-0.4, -0.2) is 49.3 Å². The van der Waals surface area contributed by atoms with Crippen LogP contribution in [0.4, 0.5) is 0 Å². The second kappa shape index (κ2) is 8.54. The van der Waals surface area contributed by atoms with Crippen molar-refractivity contribution >= 4 is 54.8 Å². The average molecular weight is 478 g/mol. The minimum absolute atomic E-state index is 0.0416. The van der Waals surface area contributed by atoms with Crippen molar-refractivity contribution < 1.29 is 13.2 Å². The zero-order valence-corrected chi connectivity index (χ0v) is 19.0. The Balaban J connectivity index is 1.48. The third-order valence-electron chi connectivity index (χ3n) is 5.03. The van der Waals surface area contributed by atoms with Crippen LogP contribution in [0.2, 0.25) is 5.02 Å². The standard InChI is InChI=1S/C20H20ClN5O3S2/c1-12-14-10-13(21)5-6-17(14)30-20(12)31(28,29)25-16-7-9-26(19(16)27)11-24-18(22)15-4-2-3-8-23-15/h2-6,8,10,16,25H,7,9,11H2,1H3,(H2,22,24)/t16-/m0/s1. The van der Waals surface area contributed by atoms with E-state index < -0.39 is 16.1 Å². The van der Waals surface area contributed by atoms with Crippen molar-refractivity contribution in [3.63, 3.8) is 0 Å². The van der Waals surface area contributed by atoms with Gasteiger partial charge in [-0.15, -0.1) is 11.3 Å². The lowest BCUT2D eigenvalue weighted by Crippen LogP contribution is -2.41. The summed E-state index contributed by atoms with van der Waals surface area (Å²) in [4.78, 5) is 22.5. The van der Waals surface area contributed by atoms with Crippen LogP contribution >= 0.6 is 22.9 Å². The van der Waals surface area contributed by atoms with Gasteiger partial charge in [0.2, 0.25) is 5.91 Å². The van der Waals surface area contributed by atoms with Gasteiger partial charge in [-0.1, -0.05) is 17.7 Å². The molecule has 0 spiro atoms. The number of sulfonamides is 1. The van der Waals surface area contributed by atoms with Gasteiger partial charge in [-0.3, -0.25) is 9.78 Å². The Morgan fingerprint density at radius 1 is 1.39 bits per heavy atom. The number of benzene rings is 1. The van der Waals surface area contributed by atoms with Crippen LogP contribution in [0.3, 0.4) is 0 Å². The fourth-order valence-electron chi connectivity index (χ4n) is 3.41. The van der Waals surface area contributed by atoms with E-state index in [-0.39, 0.29) is 22.6 Å². The molecule has 1 aliphatic heterocycles. The molecule has 1 aromatic carbocycles. The van der Waals surface area contributed by atoms with Crippen LogP contribution < -0.4 is 10.5 Å². The van der Waals surface area contributed by atoms with Crippen molar-refractivity contribution in [3.8, 4) is 0 Å². The van der Waals surface area contributed by atoms with E-state index in [1.807, 2.05) is 0 Å². The molecule has 1 amide bonds. The molecule has 11 heteroatoms. The number of aromatic nitrogens is 1. The number of hydrogen-bond acceptors (Lipinski definition) is 6. The van der Waals surface area contributed by atoms with Crippen LogP contribution in [0.25, 0.3) is 10.1 Å². The zero-order chi connectivity index (χ0) is 22.2. The van der Waals surface area contributed by atoms with E-state index in [1.165, 1.54) is 4.90 Å². The van der Waals surface area contributed by atoms with Crippen molar-refractivity contribution in [2.45, 2.75) is 23.6 Å². The van der Waals surface area contributed by atoms with Gasteiger partial charge in [-0.25, -0.2) is 13.4 Å². The third-order valence-corrected chi connectivity index (χ3v) is 8.63. The monoisotopic (exact) mass is 477 g/mol. The number of likely N-dealkylation sites (tertiary alicyclic amines) is 1. The second-order valence-corrected chi connectivity index (χ2v) is 10.5. The van der Waals surface area contributed by atoms with Gasteiger partial charge in [0.1, 0.15) is 28.4 Å². The van der Waals surface area contributed by atoms with Crippen molar-refractivity contribution in [2.75, 3.05) is 13.2 Å². The van der Waals surface area contributed by atoms with Crippen molar-refractivity contribution in [3.05, 3.63) is 58.9 Å². The molecule has 0 aliphatic carbocycles. The van der Waals surface area contributed by atoms with Crippen LogP contribution in [-0.2, 0) is 14.8 Å². The van der Waals surface area contributed by atoms with E-state index in [1.54, 1.807) is 49.5 Å². The Bertz CT molecular complexity index is 1270. The summed E-state index contributed by atoms with van der Waals surface area (Å²) < 4.78 is 29.6. The van der Waals surface area contributed by atoms with Crippen LogP contribution in [0.15, 0.2) is 51.8 Å². The first-order valence-electron chi connectivity index (χ1n) is 9.47. The Morgan fingerprint density at radius 3 is 2.94 bits per heavy atom. The molecule has 8 nitrogen and oxygen atoms in total. The van der Waals surface area contributed by atoms with Gasteiger partial charge in [0.25, 0.3) is 10.0 Å². The molecule has 0 unspecified atom stereocenters. The van der Waals surface area contributed by atoms with Crippen molar-refractivity contribution in [1.82, 2.24) is 14.6 Å². The smallest absolute Gasteiger partial charge is 0.251 e. The molecular formula is C20H20ClN5O3S2. The fourth-order valence-corrected chi connectivity index (χ4v) is 6.57. The number of nitrogens with one attached hydrogen (secondary N) is 1. The summed E-state index contributed by atoms with van der Waals surface area (Å²) in [7, 11) is -3.87. The second-order valence-electron chi connectivity index (χ2n) is 7.12. The first-order chi connectivity index (χ1) is 14.8. The molecule has 1 saturated heterocycles. The summed E-state index contributed by atoms with van der Waals surface area (Å²) in [5.74, 6) is -0.111. The number of amidine groups is 1. The Hall–Kier alpha value is -2.53. The summed E-state index contributed by atoms with van der Waals surface area (Å²) in [5, 5.41) is 1.33. The number of aliphatic imine (C=N–C) groups is 1. The van der Waals surface area contributed by atoms with E-state index in [2.05, 4.69) is 14.7 Å². The number of rotatable bonds is 6. The minimum Gasteiger partial charge on any atom is -0.382 e. The first kappa shape index (κ1) is 21.7. The van der Waals surface area contributed by atoms with Crippen LogP contribution in [0.5, 0.6) is 0 Å². The molecule has 2 aromatic heterocycles. The Labute approximate surface area is 188 Å². The maximum absolute atomic E-state index is 13.0. The number of fused-ring (bicyclic) bond motifs is 1. The fraction of sp³-hybridized carbons (Fsp3) is 0.250. The molecule has 3 N–H and O–H groups in total. The third kappa shape index (κ3) is 4.42. The summed E-state index contributed by atoms with van der Waals surface area (Å²) in [5.41, 5.74) is 7.06. The molecule has 162 valence electrons. The first-order valence-corrected chi connectivity index (χ1v) is 12.1. The number of aryl methyl sites for hydroxylation is 1. The minimum atomic E-state index is -3.87.